The van der Waals surface area contributed by atoms with E-state index in [4.69, 9.17) is 0 Å². The van der Waals surface area contributed by atoms with Crippen LogP contribution in [0.15, 0.2) is 47.4 Å². The van der Waals surface area contributed by atoms with Gasteiger partial charge in [-0.15, -0.1) is 0 Å². The highest BCUT2D eigenvalue weighted by atomic mass is 32.2. The molecule has 0 fully saturated rings. The van der Waals surface area contributed by atoms with E-state index in [2.05, 4.69) is 0 Å². The van der Waals surface area contributed by atoms with Gasteiger partial charge in [0.15, 0.2) is 5.78 Å². The lowest BCUT2D eigenvalue weighted by Gasteiger charge is -2.04. The summed E-state index contributed by atoms with van der Waals surface area (Å²) in [5, 5.41) is 0. The summed E-state index contributed by atoms with van der Waals surface area (Å²) in [6.07, 6.45) is 0. The van der Waals surface area contributed by atoms with Gasteiger partial charge in [0.25, 0.3) is 0 Å². The Bertz CT molecular complexity index is 674. The van der Waals surface area contributed by atoms with Crippen LogP contribution in [0, 0.1) is 6.92 Å². The van der Waals surface area contributed by atoms with E-state index in [1.807, 2.05) is 43.3 Å². The van der Waals surface area contributed by atoms with Crippen molar-refractivity contribution in [2.45, 2.75) is 17.6 Å². The second kappa shape index (κ2) is 4.18. The maximum absolute atomic E-state index is 12.5. The average Bonchev–Trinajstić information content (AvgIpc) is 2.47. The highest BCUT2D eigenvalue weighted by Gasteiger charge is 2.24. The van der Waals surface area contributed by atoms with Crippen molar-refractivity contribution >= 4 is 16.6 Å². The molecule has 0 aliphatic carbocycles. The topological polar surface area (TPSA) is 34.1 Å². The molecule has 0 saturated carbocycles. The standard InChI is InChI=1S/C15H12O2S/c1-10-6-7-13-14(8-10)18(17)9-11-4-2-3-5-12(11)15(13)16/h2-8H,9H2,1H3. The van der Waals surface area contributed by atoms with Crippen LogP contribution in [-0.4, -0.2) is 9.99 Å². The van der Waals surface area contributed by atoms with E-state index in [1.54, 1.807) is 6.07 Å². The van der Waals surface area contributed by atoms with Crippen LogP contribution in [0.4, 0.5) is 0 Å². The molecular formula is C15H12O2S. The van der Waals surface area contributed by atoms with Gasteiger partial charge in [0.2, 0.25) is 0 Å². The molecule has 18 heavy (non-hydrogen) atoms. The van der Waals surface area contributed by atoms with Crippen LogP contribution >= 0.6 is 0 Å². The van der Waals surface area contributed by atoms with Gasteiger partial charge in [0, 0.05) is 11.1 Å². The maximum Gasteiger partial charge on any atom is 0.194 e. The Morgan fingerprint density at radius 3 is 2.67 bits per heavy atom. The highest BCUT2D eigenvalue weighted by molar-refractivity contribution is 7.84. The molecule has 1 aliphatic rings. The number of ketones is 1. The van der Waals surface area contributed by atoms with Gasteiger partial charge in [-0.25, -0.2) is 0 Å². The molecule has 2 aromatic rings. The number of carbonyl (C=O) groups excluding carboxylic acids is 1. The number of aryl methyl sites for hydroxylation is 1. The first-order chi connectivity index (χ1) is 8.66. The largest absolute Gasteiger partial charge is 0.289 e. The predicted molar refractivity (Wildman–Crippen MR) is 71.2 cm³/mol. The van der Waals surface area contributed by atoms with Gasteiger partial charge >= 0.3 is 0 Å². The average molecular weight is 256 g/mol. The van der Waals surface area contributed by atoms with Gasteiger partial charge in [-0.1, -0.05) is 30.3 Å². The van der Waals surface area contributed by atoms with Crippen LogP contribution in [0.25, 0.3) is 0 Å². The monoisotopic (exact) mass is 256 g/mol. The molecule has 3 rings (SSSR count). The summed E-state index contributed by atoms with van der Waals surface area (Å²) < 4.78 is 12.3. The van der Waals surface area contributed by atoms with Crippen LogP contribution in [0.5, 0.6) is 0 Å². The summed E-state index contributed by atoms with van der Waals surface area (Å²) in [4.78, 5) is 13.1. The Morgan fingerprint density at radius 2 is 1.83 bits per heavy atom. The fourth-order valence-corrected chi connectivity index (χ4v) is 3.65. The van der Waals surface area contributed by atoms with Crippen LogP contribution in [-0.2, 0) is 16.6 Å². The number of carbonyl (C=O) groups is 1. The Kier molecular flexibility index (Phi) is 2.63. The first-order valence-electron chi connectivity index (χ1n) is 5.78. The molecular weight excluding hydrogens is 244 g/mol. The zero-order valence-electron chi connectivity index (χ0n) is 9.97. The maximum atomic E-state index is 12.5. The number of benzene rings is 2. The van der Waals surface area contributed by atoms with Crippen molar-refractivity contribution in [3.63, 3.8) is 0 Å². The SMILES string of the molecule is Cc1ccc2c(c1)S(=O)Cc1ccccc1C2=O. The van der Waals surface area contributed by atoms with Gasteiger partial charge in [0.1, 0.15) is 0 Å². The molecule has 0 aromatic heterocycles. The van der Waals surface area contributed by atoms with Gasteiger partial charge in [-0.3, -0.25) is 9.00 Å². The van der Waals surface area contributed by atoms with Crippen molar-refractivity contribution in [1.82, 2.24) is 0 Å². The molecule has 1 heterocycles. The van der Waals surface area contributed by atoms with Crippen LogP contribution < -0.4 is 0 Å². The van der Waals surface area contributed by atoms with E-state index in [-0.39, 0.29) is 5.78 Å². The summed E-state index contributed by atoms with van der Waals surface area (Å²) in [6, 6.07) is 12.9. The molecule has 1 unspecified atom stereocenters. The quantitative estimate of drug-likeness (QED) is 0.726. The lowest BCUT2D eigenvalue weighted by atomic mass is 9.99. The molecule has 1 aliphatic heterocycles. The molecule has 0 amide bonds. The minimum absolute atomic E-state index is 0.0218. The fourth-order valence-electron chi connectivity index (χ4n) is 2.24. The molecule has 3 heteroatoms. The van der Waals surface area contributed by atoms with E-state index >= 15 is 0 Å². The highest BCUT2D eigenvalue weighted by Crippen LogP contribution is 2.27. The third-order valence-corrected chi connectivity index (χ3v) is 4.58. The van der Waals surface area contributed by atoms with Crippen LogP contribution in [0.1, 0.15) is 27.0 Å². The Balaban J connectivity index is 2.29. The number of fused-ring (bicyclic) bond motifs is 2. The lowest BCUT2D eigenvalue weighted by molar-refractivity contribution is 0.103. The first-order valence-corrected chi connectivity index (χ1v) is 7.10. The number of hydrogen-bond acceptors (Lipinski definition) is 2. The van der Waals surface area contributed by atoms with Crippen LogP contribution in [0.2, 0.25) is 0 Å². The van der Waals surface area contributed by atoms with Crippen molar-refractivity contribution in [3.8, 4) is 0 Å². The van der Waals surface area contributed by atoms with Crippen molar-refractivity contribution in [2.75, 3.05) is 0 Å². The Hall–Kier alpha value is -1.74. The summed E-state index contributed by atoms with van der Waals surface area (Å²) in [5.74, 6) is 0.393. The molecule has 1 atom stereocenters. The van der Waals surface area contributed by atoms with Crippen molar-refractivity contribution in [2.24, 2.45) is 0 Å². The molecule has 0 radical (unpaired) electrons. The second-order valence-corrected chi connectivity index (χ2v) is 5.90. The number of rotatable bonds is 0. The van der Waals surface area contributed by atoms with Crippen molar-refractivity contribution in [1.29, 1.82) is 0 Å². The molecule has 2 nitrogen and oxygen atoms in total. The van der Waals surface area contributed by atoms with E-state index < -0.39 is 10.8 Å². The summed E-state index contributed by atoms with van der Waals surface area (Å²) in [5.41, 5.74) is 3.15. The van der Waals surface area contributed by atoms with Gasteiger partial charge in [-0.05, 0) is 30.2 Å². The summed E-state index contributed by atoms with van der Waals surface area (Å²) >= 11 is 0. The second-order valence-electron chi connectivity index (χ2n) is 4.48. The predicted octanol–water partition coefficient (Wildman–Crippen LogP) is 2.85. The van der Waals surface area contributed by atoms with E-state index in [0.29, 0.717) is 21.8 Å². The van der Waals surface area contributed by atoms with E-state index in [1.165, 1.54) is 0 Å². The van der Waals surface area contributed by atoms with E-state index in [0.717, 1.165) is 11.1 Å². The van der Waals surface area contributed by atoms with Crippen molar-refractivity contribution < 1.29 is 9.00 Å². The van der Waals surface area contributed by atoms with Gasteiger partial charge in [-0.2, -0.15) is 0 Å². The zero-order chi connectivity index (χ0) is 12.7. The number of hydrogen-bond donors (Lipinski definition) is 0. The summed E-state index contributed by atoms with van der Waals surface area (Å²) in [6.45, 7) is 1.94. The third kappa shape index (κ3) is 1.71. The van der Waals surface area contributed by atoms with Crippen LogP contribution in [0.3, 0.4) is 0 Å². The molecule has 0 saturated heterocycles. The van der Waals surface area contributed by atoms with E-state index in [9.17, 15) is 9.00 Å². The lowest BCUT2D eigenvalue weighted by Crippen LogP contribution is -2.03. The Labute approximate surface area is 108 Å². The molecule has 90 valence electrons. The zero-order valence-corrected chi connectivity index (χ0v) is 10.8. The normalized spacial score (nSPS) is 17.8. The van der Waals surface area contributed by atoms with Crippen molar-refractivity contribution in [3.05, 3.63) is 64.7 Å². The first kappa shape index (κ1) is 11.4. The minimum Gasteiger partial charge on any atom is -0.289 e. The van der Waals surface area contributed by atoms with Gasteiger partial charge < -0.3 is 0 Å². The smallest absolute Gasteiger partial charge is 0.194 e. The minimum atomic E-state index is -1.15. The molecule has 2 aromatic carbocycles. The molecule has 0 N–H and O–H groups in total. The summed E-state index contributed by atoms with van der Waals surface area (Å²) in [7, 11) is -1.15. The molecule has 0 spiro atoms. The third-order valence-electron chi connectivity index (χ3n) is 3.18. The fraction of sp³-hybridized carbons (Fsp3) is 0.133. The van der Waals surface area contributed by atoms with Gasteiger partial charge in [0.05, 0.1) is 21.4 Å². The molecule has 0 bridgehead atoms. The Morgan fingerprint density at radius 1 is 1.06 bits per heavy atom.